The predicted molar refractivity (Wildman–Crippen MR) is 105 cm³/mol. The number of carbonyl (C=O) groups is 1. The van der Waals surface area contributed by atoms with Crippen LogP contribution in [0.15, 0.2) is 47.4 Å². The van der Waals surface area contributed by atoms with Crippen molar-refractivity contribution < 1.29 is 17.9 Å². The lowest BCUT2D eigenvalue weighted by atomic mass is 10.1. The number of amides is 1. The Balaban J connectivity index is 2.43. The fraction of sp³-hybridized carbons (Fsp3) is 0.250. The maximum absolute atomic E-state index is 12.7. The van der Waals surface area contributed by atoms with Gasteiger partial charge in [0, 0.05) is 24.3 Å². The lowest BCUT2D eigenvalue weighted by molar-refractivity contribution is 0.102. The third-order valence-electron chi connectivity index (χ3n) is 4.05. The third-order valence-corrected chi connectivity index (χ3v) is 6.09. The van der Waals surface area contributed by atoms with Gasteiger partial charge in [-0.1, -0.05) is 25.8 Å². The number of anilines is 1. The Bertz CT molecular complexity index is 974. The van der Waals surface area contributed by atoms with Gasteiger partial charge in [0.25, 0.3) is 5.91 Å². The third kappa shape index (κ3) is 4.48. The maximum Gasteiger partial charge on any atom is 0.259 e. The molecule has 0 fully saturated rings. The average Bonchev–Trinajstić information content (AvgIpc) is 2.68. The molecule has 7 heteroatoms. The molecule has 0 aromatic heterocycles. The van der Waals surface area contributed by atoms with E-state index in [4.69, 9.17) is 11.2 Å². The molecule has 1 amide bonds. The lowest BCUT2D eigenvalue weighted by Gasteiger charge is -2.19. The minimum atomic E-state index is -3.69. The van der Waals surface area contributed by atoms with Crippen molar-refractivity contribution in [3.05, 3.63) is 53.6 Å². The lowest BCUT2D eigenvalue weighted by Crippen LogP contribution is -2.30. The number of carbonyl (C=O) groups excluding carboxylic acids is 1. The molecular formula is C20H22N2O4S. The van der Waals surface area contributed by atoms with Crippen LogP contribution < -0.4 is 10.1 Å². The molecule has 142 valence electrons. The normalized spacial score (nSPS) is 11.1. The van der Waals surface area contributed by atoms with Gasteiger partial charge in [-0.15, -0.1) is 6.42 Å². The Morgan fingerprint density at radius 2 is 1.89 bits per heavy atom. The first-order valence-corrected chi connectivity index (χ1v) is 9.87. The van der Waals surface area contributed by atoms with Crippen molar-refractivity contribution in [1.82, 2.24) is 4.31 Å². The van der Waals surface area contributed by atoms with Crippen molar-refractivity contribution >= 4 is 21.6 Å². The summed E-state index contributed by atoms with van der Waals surface area (Å²) in [5, 5.41) is 2.72. The number of ether oxygens (including phenoxy) is 1. The molecule has 0 unspecified atom stereocenters. The number of nitrogens with one attached hydrogen (secondary N) is 1. The van der Waals surface area contributed by atoms with Crippen LogP contribution in [0.5, 0.6) is 5.75 Å². The molecule has 6 nitrogen and oxygen atoms in total. The van der Waals surface area contributed by atoms with Crippen molar-refractivity contribution in [3.8, 4) is 18.1 Å². The van der Waals surface area contributed by atoms with Crippen LogP contribution in [-0.4, -0.2) is 38.8 Å². The van der Waals surface area contributed by atoms with E-state index in [0.717, 1.165) is 0 Å². The average molecular weight is 386 g/mol. The van der Waals surface area contributed by atoms with Crippen molar-refractivity contribution in [2.24, 2.45) is 0 Å². The molecule has 0 bridgehead atoms. The van der Waals surface area contributed by atoms with E-state index in [9.17, 15) is 13.2 Å². The molecule has 1 N–H and O–H groups in total. The van der Waals surface area contributed by atoms with E-state index in [-0.39, 0.29) is 16.2 Å². The van der Waals surface area contributed by atoms with E-state index in [1.165, 1.54) is 29.6 Å². The molecular weight excluding hydrogens is 364 g/mol. The minimum Gasteiger partial charge on any atom is -0.496 e. The summed E-state index contributed by atoms with van der Waals surface area (Å²) in [6, 6.07) is 11.1. The predicted octanol–water partition coefficient (Wildman–Crippen LogP) is 2.96. The maximum atomic E-state index is 12.7. The SMILES string of the molecule is C#Cc1cccc(NC(=O)c2cc(S(=O)(=O)N(CC)CC)ccc2OC)c1. The fourth-order valence-electron chi connectivity index (χ4n) is 2.62. The van der Waals surface area contributed by atoms with Gasteiger partial charge in [-0.05, 0) is 36.4 Å². The molecule has 0 atom stereocenters. The Kier molecular flexibility index (Phi) is 6.61. The van der Waals surface area contributed by atoms with Crippen molar-refractivity contribution in [3.63, 3.8) is 0 Å². The van der Waals surface area contributed by atoms with Gasteiger partial charge in [0.1, 0.15) is 5.75 Å². The number of hydrogen-bond acceptors (Lipinski definition) is 4. The molecule has 0 spiro atoms. The summed E-state index contributed by atoms with van der Waals surface area (Å²) in [4.78, 5) is 12.8. The van der Waals surface area contributed by atoms with Crippen molar-refractivity contribution in [2.45, 2.75) is 18.7 Å². The van der Waals surface area contributed by atoms with Crippen LogP contribution in [0.3, 0.4) is 0 Å². The van der Waals surface area contributed by atoms with Crippen molar-refractivity contribution in [1.29, 1.82) is 0 Å². The van der Waals surface area contributed by atoms with E-state index >= 15 is 0 Å². The van der Waals surface area contributed by atoms with E-state index < -0.39 is 15.9 Å². The summed E-state index contributed by atoms with van der Waals surface area (Å²) in [5.41, 5.74) is 1.25. The zero-order valence-corrected chi connectivity index (χ0v) is 16.3. The van der Waals surface area contributed by atoms with E-state index in [2.05, 4.69) is 11.2 Å². The smallest absolute Gasteiger partial charge is 0.259 e. The molecule has 0 saturated carbocycles. The van der Waals surface area contributed by atoms with Gasteiger partial charge in [-0.3, -0.25) is 4.79 Å². The minimum absolute atomic E-state index is 0.0366. The van der Waals surface area contributed by atoms with E-state index in [1.54, 1.807) is 38.1 Å². The molecule has 27 heavy (non-hydrogen) atoms. The standard InChI is InChI=1S/C20H22N2O4S/c1-5-15-9-8-10-16(13-15)21-20(23)18-14-17(11-12-19(18)26-4)27(24,25)22(6-2)7-3/h1,8-14H,6-7H2,2-4H3,(H,21,23). The van der Waals surface area contributed by atoms with E-state index in [1.807, 2.05) is 0 Å². The van der Waals surface area contributed by atoms with Gasteiger partial charge >= 0.3 is 0 Å². The first kappa shape index (κ1) is 20.5. The number of sulfonamides is 1. The second-order valence-corrected chi connectivity index (χ2v) is 7.57. The van der Waals surface area contributed by atoms with Crippen LogP contribution in [0.25, 0.3) is 0 Å². The second-order valence-electron chi connectivity index (χ2n) is 5.63. The van der Waals surface area contributed by atoms with Gasteiger partial charge in [-0.25, -0.2) is 8.42 Å². The molecule has 2 rings (SSSR count). The Morgan fingerprint density at radius 3 is 2.48 bits per heavy atom. The van der Waals surface area contributed by atoms with E-state index in [0.29, 0.717) is 24.3 Å². The van der Waals surface area contributed by atoms with Gasteiger partial charge in [-0.2, -0.15) is 4.31 Å². The summed E-state index contributed by atoms with van der Waals surface area (Å²) < 4.78 is 32.0. The zero-order chi connectivity index (χ0) is 20.0. The highest BCUT2D eigenvalue weighted by Gasteiger charge is 2.24. The monoisotopic (exact) mass is 386 g/mol. The highest BCUT2D eigenvalue weighted by molar-refractivity contribution is 7.89. The number of methoxy groups -OCH3 is 1. The Labute approximate surface area is 160 Å². The zero-order valence-electron chi connectivity index (χ0n) is 15.5. The first-order valence-electron chi connectivity index (χ1n) is 8.43. The summed E-state index contributed by atoms with van der Waals surface area (Å²) in [6.45, 7) is 4.20. The molecule has 2 aromatic carbocycles. The van der Waals surface area contributed by atoms with Gasteiger partial charge < -0.3 is 10.1 Å². The van der Waals surface area contributed by atoms with Crippen LogP contribution in [-0.2, 0) is 10.0 Å². The highest BCUT2D eigenvalue weighted by atomic mass is 32.2. The van der Waals surface area contributed by atoms with Gasteiger partial charge in [0.2, 0.25) is 10.0 Å². The number of nitrogens with zero attached hydrogens (tertiary/aromatic N) is 1. The van der Waals surface area contributed by atoms with Gasteiger partial charge in [0.05, 0.1) is 17.6 Å². The number of terminal acetylenes is 1. The fourth-order valence-corrected chi connectivity index (χ4v) is 4.11. The molecule has 0 heterocycles. The van der Waals surface area contributed by atoms with Crippen LogP contribution in [0.4, 0.5) is 5.69 Å². The second kappa shape index (κ2) is 8.71. The van der Waals surface area contributed by atoms with Crippen LogP contribution in [0.2, 0.25) is 0 Å². The Hall–Kier alpha value is -2.82. The number of hydrogen-bond donors (Lipinski definition) is 1. The summed E-state index contributed by atoms with van der Waals surface area (Å²) in [6.07, 6.45) is 5.37. The number of rotatable bonds is 7. The summed E-state index contributed by atoms with van der Waals surface area (Å²) >= 11 is 0. The van der Waals surface area contributed by atoms with Gasteiger partial charge in [0.15, 0.2) is 0 Å². The summed E-state index contributed by atoms with van der Waals surface area (Å²) in [5.74, 6) is 2.29. The largest absolute Gasteiger partial charge is 0.496 e. The molecule has 0 aliphatic carbocycles. The quantitative estimate of drug-likeness (QED) is 0.743. The topological polar surface area (TPSA) is 75.7 Å². The van der Waals surface area contributed by atoms with Crippen LogP contribution >= 0.6 is 0 Å². The number of benzene rings is 2. The summed E-state index contributed by atoms with van der Waals surface area (Å²) in [7, 11) is -2.27. The van der Waals surface area contributed by atoms with Crippen LogP contribution in [0, 0.1) is 12.3 Å². The molecule has 0 aliphatic rings. The molecule has 2 aromatic rings. The molecule has 0 aliphatic heterocycles. The van der Waals surface area contributed by atoms with Crippen molar-refractivity contribution in [2.75, 3.05) is 25.5 Å². The molecule has 0 saturated heterocycles. The van der Waals surface area contributed by atoms with Crippen LogP contribution in [0.1, 0.15) is 29.8 Å². The highest BCUT2D eigenvalue weighted by Crippen LogP contribution is 2.25. The molecule has 0 radical (unpaired) electrons. The Morgan fingerprint density at radius 1 is 1.19 bits per heavy atom. The first-order chi connectivity index (χ1) is 12.9.